The summed E-state index contributed by atoms with van der Waals surface area (Å²) in [5.41, 5.74) is -0.939. The lowest BCUT2D eigenvalue weighted by atomic mass is 9.92. The van der Waals surface area contributed by atoms with Crippen molar-refractivity contribution in [3.8, 4) is 0 Å². The lowest BCUT2D eigenvalue weighted by Gasteiger charge is -2.32. The van der Waals surface area contributed by atoms with E-state index in [2.05, 4.69) is 16.0 Å². The predicted molar refractivity (Wildman–Crippen MR) is 98.6 cm³/mol. The second-order valence-corrected chi connectivity index (χ2v) is 6.19. The molecule has 0 atom stereocenters. The molecule has 3 amide bonds. The SMILES string of the molecule is CNC(=O)COCC(COCC(C)=O)(COCC(=O)NC)COCC(=O)NC. The van der Waals surface area contributed by atoms with E-state index in [1.807, 2.05) is 0 Å². The van der Waals surface area contributed by atoms with Crippen molar-refractivity contribution < 1.29 is 38.1 Å². The highest BCUT2D eigenvalue weighted by Gasteiger charge is 2.33. The maximum atomic E-state index is 11.4. The molecule has 0 rings (SSSR count). The lowest BCUT2D eigenvalue weighted by Crippen LogP contribution is -2.44. The molecular weight excluding hydrogens is 374 g/mol. The van der Waals surface area contributed by atoms with Gasteiger partial charge in [0.25, 0.3) is 0 Å². The zero-order valence-electron chi connectivity index (χ0n) is 16.9. The van der Waals surface area contributed by atoms with Gasteiger partial charge in [-0.3, -0.25) is 19.2 Å². The van der Waals surface area contributed by atoms with Gasteiger partial charge in [0.05, 0.1) is 31.8 Å². The molecule has 0 fully saturated rings. The van der Waals surface area contributed by atoms with Crippen LogP contribution in [0, 0.1) is 5.41 Å². The van der Waals surface area contributed by atoms with E-state index in [-0.39, 0.29) is 76.4 Å². The Morgan fingerprint density at radius 3 is 1.14 bits per heavy atom. The van der Waals surface area contributed by atoms with Crippen LogP contribution in [0.1, 0.15) is 6.92 Å². The minimum atomic E-state index is -0.939. The molecule has 0 aliphatic rings. The number of ketones is 1. The summed E-state index contributed by atoms with van der Waals surface area (Å²) in [6, 6.07) is 0. The largest absolute Gasteiger partial charge is 0.373 e. The molecule has 0 bridgehead atoms. The monoisotopic (exact) mass is 405 g/mol. The number of hydrogen-bond acceptors (Lipinski definition) is 8. The maximum Gasteiger partial charge on any atom is 0.245 e. The molecule has 0 aromatic carbocycles. The first-order valence-corrected chi connectivity index (χ1v) is 8.70. The number of Topliss-reactive ketones (excluding diaryl/α,β-unsaturated/α-hetero) is 1. The summed E-state index contributed by atoms with van der Waals surface area (Å²) in [4.78, 5) is 45.4. The zero-order chi connectivity index (χ0) is 21.4. The molecular formula is C17H31N3O8. The van der Waals surface area contributed by atoms with Gasteiger partial charge in [0.2, 0.25) is 17.7 Å². The first-order valence-electron chi connectivity index (χ1n) is 8.70. The number of amides is 3. The molecule has 0 aliphatic heterocycles. The molecule has 0 saturated heterocycles. The molecule has 162 valence electrons. The Morgan fingerprint density at radius 1 is 0.607 bits per heavy atom. The molecule has 0 unspecified atom stereocenters. The van der Waals surface area contributed by atoms with Crippen LogP contribution in [0.5, 0.6) is 0 Å². The predicted octanol–water partition coefficient (Wildman–Crippen LogP) is -2.13. The second kappa shape index (κ2) is 14.9. The van der Waals surface area contributed by atoms with Gasteiger partial charge in [-0.25, -0.2) is 0 Å². The molecule has 0 radical (unpaired) electrons. The molecule has 0 aromatic heterocycles. The summed E-state index contributed by atoms with van der Waals surface area (Å²) in [5.74, 6) is -1.14. The Kier molecular flexibility index (Phi) is 13.8. The van der Waals surface area contributed by atoms with Gasteiger partial charge in [-0.2, -0.15) is 0 Å². The lowest BCUT2D eigenvalue weighted by molar-refractivity contribution is -0.142. The summed E-state index contributed by atoms with van der Waals surface area (Å²) < 4.78 is 21.7. The number of likely N-dealkylation sites (N-methyl/N-ethyl adjacent to an activating group) is 3. The van der Waals surface area contributed by atoms with Gasteiger partial charge >= 0.3 is 0 Å². The van der Waals surface area contributed by atoms with E-state index < -0.39 is 5.41 Å². The number of hydrogen-bond donors (Lipinski definition) is 3. The summed E-state index contributed by atoms with van der Waals surface area (Å²) in [6.07, 6.45) is 0. The Bertz CT molecular complexity index is 458. The quantitative estimate of drug-likeness (QED) is 0.264. The van der Waals surface area contributed by atoms with Crippen molar-refractivity contribution >= 4 is 23.5 Å². The smallest absolute Gasteiger partial charge is 0.245 e. The van der Waals surface area contributed by atoms with E-state index >= 15 is 0 Å². The van der Waals surface area contributed by atoms with Crippen LogP contribution in [-0.2, 0) is 38.1 Å². The Hall–Kier alpha value is -2.08. The van der Waals surface area contributed by atoms with E-state index in [0.29, 0.717) is 0 Å². The average Bonchev–Trinajstić information content (AvgIpc) is 2.66. The summed E-state index contributed by atoms with van der Waals surface area (Å²) in [5, 5.41) is 7.30. The molecule has 0 saturated carbocycles. The molecule has 11 nitrogen and oxygen atoms in total. The van der Waals surface area contributed by atoms with Crippen molar-refractivity contribution in [1.29, 1.82) is 0 Å². The summed E-state index contributed by atoms with van der Waals surface area (Å²) in [7, 11) is 4.44. The summed E-state index contributed by atoms with van der Waals surface area (Å²) in [6.45, 7) is 0.624. The molecule has 0 spiro atoms. The molecule has 11 heteroatoms. The third kappa shape index (κ3) is 12.3. The van der Waals surface area contributed by atoms with Crippen LogP contribution in [0.2, 0.25) is 0 Å². The fourth-order valence-electron chi connectivity index (χ4n) is 1.96. The van der Waals surface area contributed by atoms with Crippen molar-refractivity contribution in [3.05, 3.63) is 0 Å². The number of carbonyl (C=O) groups is 4. The van der Waals surface area contributed by atoms with Gasteiger partial charge in [0, 0.05) is 21.1 Å². The van der Waals surface area contributed by atoms with Crippen LogP contribution in [0.25, 0.3) is 0 Å². The van der Waals surface area contributed by atoms with Gasteiger partial charge in [0.15, 0.2) is 5.78 Å². The highest BCUT2D eigenvalue weighted by Crippen LogP contribution is 2.21. The topological polar surface area (TPSA) is 141 Å². The minimum Gasteiger partial charge on any atom is -0.373 e. The van der Waals surface area contributed by atoms with Crippen LogP contribution < -0.4 is 16.0 Å². The van der Waals surface area contributed by atoms with Crippen molar-refractivity contribution in [1.82, 2.24) is 16.0 Å². The fraction of sp³-hybridized carbons (Fsp3) is 0.765. The van der Waals surface area contributed by atoms with E-state index in [1.54, 1.807) is 0 Å². The Balaban J connectivity index is 5.09. The fourth-order valence-corrected chi connectivity index (χ4v) is 1.96. The van der Waals surface area contributed by atoms with Crippen molar-refractivity contribution in [3.63, 3.8) is 0 Å². The molecule has 0 heterocycles. The van der Waals surface area contributed by atoms with Crippen LogP contribution >= 0.6 is 0 Å². The first kappa shape index (κ1) is 25.9. The first-order chi connectivity index (χ1) is 13.3. The molecule has 28 heavy (non-hydrogen) atoms. The van der Waals surface area contributed by atoms with Crippen LogP contribution in [0.3, 0.4) is 0 Å². The van der Waals surface area contributed by atoms with Crippen molar-refractivity contribution in [2.45, 2.75) is 6.92 Å². The third-order valence-electron chi connectivity index (χ3n) is 3.47. The van der Waals surface area contributed by atoms with Crippen molar-refractivity contribution in [2.24, 2.45) is 5.41 Å². The number of nitrogens with one attached hydrogen (secondary N) is 3. The Labute approximate surface area is 164 Å². The van der Waals surface area contributed by atoms with Gasteiger partial charge in [-0.1, -0.05) is 0 Å². The standard InChI is InChI=1S/C17H31N3O8/c1-13(21)5-25-9-17(10-26-6-14(22)18-2,11-27-7-15(23)19-3)12-28-8-16(24)20-4/h5-12H2,1-4H3,(H,18,22)(H,19,23)(H,20,24). The van der Waals surface area contributed by atoms with E-state index in [0.717, 1.165) is 0 Å². The third-order valence-corrected chi connectivity index (χ3v) is 3.47. The zero-order valence-corrected chi connectivity index (χ0v) is 16.9. The van der Waals surface area contributed by atoms with Crippen LogP contribution in [0.4, 0.5) is 0 Å². The highest BCUT2D eigenvalue weighted by atomic mass is 16.5. The van der Waals surface area contributed by atoms with Crippen LogP contribution in [0.15, 0.2) is 0 Å². The molecule has 0 aliphatic carbocycles. The van der Waals surface area contributed by atoms with Crippen molar-refractivity contribution in [2.75, 3.05) is 74.0 Å². The van der Waals surface area contributed by atoms with E-state index in [9.17, 15) is 19.2 Å². The Morgan fingerprint density at radius 2 is 0.893 bits per heavy atom. The minimum absolute atomic E-state index is 0.00180. The average molecular weight is 405 g/mol. The highest BCUT2D eigenvalue weighted by molar-refractivity contribution is 5.77. The van der Waals surface area contributed by atoms with Gasteiger partial charge in [-0.15, -0.1) is 0 Å². The van der Waals surface area contributed by atoms with E-state index in [4.69, 9.17) is 18.9 Å². The second-order valence-electron chi connectivity index (χ2n) is 6.19. The number of rotatable bonds is 16. The normalized spacial score (nSPS) is 11.0. The summed E-state index contributed by atoms with van der Waals surface area (Å²) >= 11 is 0. The molecule has 3 N–H and O–H groups in total. The van der Waals surface area contributed by atoms with E-state index in [1.165, 1.54) is 28.1 Å². The van der Waals surface area contributed by atoms with Crippen LogP contribution in [-0.4, -0.2) is 97.5 Å². The maximum absolute atomic E-state index is 11.4. The van der Waals surface area contributed by atoms with Gasteiger partial charge in [0.1, 0.15) is 26.4 Å². The number of ether oxygens (including phenoxy) is 4. The molecule has 0 aromatic rings. The van der Waals surface area contributed by atoms with Gasteiger partial charge < -0.3 is 34.9 Å². The van der Waals surface area contributed by atoms with Gasteiger partial charge in [-0.05, 0) is 6.92 Å². The number of carbonyl (C=O) groups excluding carboxylic acids is 4.